The van der Waals surface area contributed by atoms with Crippen molar-refractivity contribution in [2.24, 2.45) is 5.14 Å². The number of nitrogens with zero attached hydrogens (tertiary/aromatic N) is 2. The van der Waals surface area contributed by atoms with Crippen LogP contribution in [0.3, 0.4) is 0 Å². The third kappa shape index (κ3) is 3.94. The molecule has 0 atom stereocenters. The molecule has 1 amide bonds. The maximum atomic E-state index is 12.4. The summed E-state index contributed by atoms with van der Waals surface area (Å²) in [5.41, 5.74) is -0.516. The lowest BCUT2D eigenvalue weighted by molar-refractivity contribution is 0.0712. The SMILES string of the molecule is CN(C)C(=O)c1ccc(S(N)(=O)=O)nc1C(=O)Oc1ccccc1. The number of carbonyl (C=O) groups is 2. The van der Waals surface area contributed by atoms with Crippen molar-refractivity contribution in [3.63, 3.8) is 0 Å². The summed E-state index contributed by atoms with van der Waals surface area (Å²) in [4.78, 5) is 29.5. The van der Waals surface area contributed by atoms with Gasteiger partial charge in [0.25, 0.3) is 15.9 Å². The second-order valence-corrected chi connectivity index (χ2v) is 6.50. The van der Waals surface area contributed by atoms with Gasteiger partial charge in [-0.1, -0.05) is 18.2 Å². The van der Waals surface area contributed by atoms with Gasteiger partial charge in [0.1, 0.15) is 5.75 Å². The number of benzene rings is 1. The fourth-order valence-electron chi connectivity index (χ4n) is 1.81. The van der Waals surface area contributed by atoms with Crippen LogP contribution in [0.15, 0.2) is 47.5 Å². The van der Waals surface area contributed by atoms with Gasteiger partial charge in [-0.2, -0.15) is 0 Å². The molecule has 2 aromatic rings. The van der Waals surface area contributed by atoms with Crippen LogP contribution in [0.5, 0.6) is 5.75 Å². The Bertz CT molecular complexity index is 879. The second kappa shape index (κ2) is 6.77. The quantitative estimate of drug-likeness (QED) is 0.639. The van der Waals surface area contributed by atoms with E-state index in [2.05, 4.69) is 4.98 Å². The molecule has 0 saturated carbocycles. The van der Waals surface area contributed by atoms with Crippen LogP contribution in [-0.2, 0) is 10.0 Å². The zero-order chi connectivity index (χ0) is 17.9. The summed E-state index contributed by atoms with van der Waals surface area (Å²) in [5, 5.41) is 4.50. The molecule has 1 aromatic heterocycles. The number of para-hydroxylation sites is 1. The van der Waals surface area contributed by atoms with Crippen molar-refractivity contribution in [2.45, 2.75) is 5.03 Å². The van der Waals surface area contributed by atoms with Crippen molar-refractivity contribution in [2.75, 3.05) is 14.1 Å². The summed E-state index contributed by atoms with van der Waals surface area (Å²) < 4.78 is 28.0. The predicted molar refractivity (Wildman–Crippen MR) is 85.0 cm³/mol. The number of sulfonamides is 1. The smallest absolute Gasteiger partial charge is 0.363 e. The highest BCUT2D eigenvalue weighted by atomic mass is 32.2. The Balaban J connectivity index is 2.51. The summed E-state index contributed by atoms with van der Waals surface area (Å²) in [6, 6.07) is 10.4. The van der Waals surface area contributed by atoms with Crippen molar-refractivity contribution >= 4 is 21.9 Å². The van der Waals surface area contributed by atoms with E-state index in [9.17, 15) is 18.0 Å². The zero-order valence-corrected chi connectivity index (χ0v) is 13.8. The van der Waals surface area contributed by atoms with E-state index >= 15 is 0 Å². The zero-order valence-electron chi connectivity index (χ0n) is 13.0. The Morgan fingerprint density at radius 3 is 2.25 bits per heavy atom. The molecule has 0 bridgehead atoms. The molecule has 1 aromatic carbocycles. The van der Waals surface area contributed by atoms with E-state index in [4.69, 9.17) is 9.88 Å². The molecular formula is C15H15N3O5S. The molecule has 0 spiro atoms. The molecule has 126 valence electrons. The summed E-state index contributed by atoms with van der Waals surface area (Å²) in [7, 11) is -1.16. The number of ether oxygens (including phenoxy) is 1. The summed E-state index contributed by atoms with van der Waals surface area (Å²) in [6.45, 7) is 0. The highest BCUT2D eigenvalue weighted by Gasteiger charge is 2.24. The number of amides is 1. The van der Waals surface area contributed by atoms with Gasteiger partial charge in [0.05, 0.1) is 5.56 Å². The van der Waals surface area contributed by atoms with Gasteiger partial charge in [0.2, 0.25) is 0 Å². The summed E-state index contributed by atoms with van der Waals surface area (Å²) in [5.74, 6) is -1.26. The van der Waals surface area contributed by atoms with Gasteiger partial charge in [0.15, 0.2) is 10.7 Å². The van der Waals surface area contributed by atoms with Crippen LogP contribution in [0.2, 0.25) is 0 Å². The molecule has 0 unspecified atom stereocenters. The van der Waals surface area contributed by atoms with Crippen LogP contribution < -0.4 is 9.88 Å². The number of aromatic nitrogens is 1. The molecular weight excluding hydrogens is 334 g/mol. The number of primary sulfonamides is 1. The van der Waals surface area contributed by atoms with Gasteiger partial charge >= 0.3 is 5.97 Å². The van der Waals surface area contributed by atoms with Crippen LogP contribution in [0.1, 0.15) is 20.8 Å². The molecule has 0 radical (unpaired) electrons. The maximum absolute atomic E-state index is 12.4. The number of rotatable bonds is 4. The number of hydrogen-bond donors (Lipinski definition) is 1. The van der Waals surface area contributed by atoms with Crippen molar-refractivity contribution in [3.05, 3.63) is 53.7 Å². The monoisotopic (exact) mass is 349 g/mol. The molecule has 2 rings (SSSR count). The maximum Gasteiger partial charge on any atom is 0.363 e. The Morgan fingerprint density at radius 1 is 1.08 bits per heavy atom. The number of esters is 1. The van der Waals surface area contributed by atoms with Gasteiger partial charge in [-0.25, -0.2) is 23.3 Å². The minimum atomic E-state index is -4.14. The van der Waals surface area contributed by atoms with Gasteiger partial charge in [-0.15, -0.1) is 0 Å². The average Bonchev–Trinajstić information content (AvgIpc) is 2.53. The predicted octanol–water partition coefficient (Wildman–Crippen LogP) is 0.650. The first kappa shape index (κ1) is 17.6. The normalized spacial score (nSPS) is 11.0. The van der Waals surface area contributed by atoms with Crippen LogP contribution in [0.4, 0.5) is 0 Å². The number of carbonyl (C=O) groups excluding carboxylic acids is 2. The number of hydrogen-bond acceptors (Lipinski definition) is 6. The topological polar surface area (TPSA) is 120 Å². The highest BCUT2D eigenvalue weighted by molar-refractivity contribution is 7.89. The fourth-order valence-corrected chi connectivity index (χ4v) is 2.29. The third-order valence-corrected chi connectivity index (χ3v) is 3.76. The van der Waals surface area contributed by atoms with Crippen LogP contribution in [0, 0.1) is 0 Å². The number of nitrogens with two attached hydrogens (primary N) is 1. The summed E-state index contributed by atoms with van der Waals surface area (Å²) >= 11 is 0. The Labute approximate surface area is 138 Å². The third-order valence-electron chi connectivity index (χ3n) is 2.94. The van der Waals surface area contributed by atoms with E-state index in [-0.39, 0.29) is 11.3 Å². The molecule has 0 aliphatic rings. The molecule has 0 saturated heterocycles. The fraction of sp³-hybridized carbons (Fsp3) is 0.133. The van der Waals surface area contributed by atoms with Crippen molar-refractivity contribution in [1.29, 1.82) is 0 Å². The van der Waals surface area contributed by atoms with E-state index in [1.807, 2.05) is 0 Å². The van der Waals surface area contributed by atoms with E-state index in [0.29, 0.717) is 0 Å². The van der Waals surface area contributed by atoms with Crippen LogP contribution in [-0.4, -0.2) is 44.3 Å². The minimum Gasteiger partial charge on any atom is -0.422 e. The Morgan fingerprint density at radius 2 is 1.71 bits per heavy atom. The van der Waals surface area contributed by atoms with Crippen LogP contribution >= 0.6 is 0 Å². The summed E-state index contributed by atoms with van der Waals surface area (Å²) in [6.07, 6.45) is 0. The van der Waals surface area contributed by atoms with E-state index in [1.54, 1.807) is 18.2 Å². The van der Waals surface area contributed by atoms with Crippen LogP contribution in [0.25, 0.3) is 0 Å². The first-order valence-corrected chi connectivity index (χ1v) is 8.27. The number of pyridine rings is 1. The first-order chi connectivity index (χ1) is 11.2. The van der Waals surface area contributed by atoms with Gasteiger partial charge < -0.3 is 9.64 Å². The Kier molecular flexibility index (Phi) is 4.96. The molecule has 0 fully saturated rings. The molecule has 0 aliphatic carbocycles. The van der Waals surface area contributed by atoms with E-state index in [0.717, 1.165) is 6.07 Å². The average molecular weight is 349 g/mol. The molecule has 8 nitrogen and oxygen atoms in total. The lowest BCUT2D eigenvalue weighted by Gasteiger charge is -2.13. The molecule has 24 heavy (non-hydrogen) atoms. The first-order valence-electron chi connectivity index (χ1n) is 6.73. The standard InChI is InChI=1S/C15H15N3O5S/c1-18(2)14(19)11-8-9-12(24(16,21)22)17-13(11)15(20)23-10-6-4-3-5-7-10/h3-9H,1-2H3,(H2,16,21,22). The molecule has 0 aliphatic heterocycles. The van der Waals surface area contributed by atoms with Crippen molar-refractivity contribution in [1.82, 2.24) is 9.88 Å². The molecule has 2 N–H and O–H groups in total. The van der Waals surface area contributed by atoms with Gasteiger partial charge in [-0.05, 0) is 24.3 Å². The molecule has 1 heterocycles. The lowest BCUT2D eigenvalue weighted by atomic mass is 10.1. The van der Waals surface area contributed by atoms with E-state index in [1.165, 1.54) is 37.2 Å². The van der Waals surface area contributed by atoms with Gasteiger partial charge in [-0.3, -0.25) is 4.79 Å². The van der Waals surface area contributed by atoms with Crippen molar-refractivity contribution < 1.29 is 22.7 Å². The lowest BCUT2D eigenvalue weighted by Crippen LogP contribution is -2.27. The Hall–Kier alpha value is -2.78. The highest BCUT2D eigenvalue weighted by Crippen LogP contribution is 2.16. The van der Waals surface area contributed by atoms with Crippen molar-refractivity contribution in [3.8, 4) is 5.75 Å². The van der Waals surface area contributed by atoms with E-state index < -0.39 is 32.6 Å². The molecule has 9 heteroatoms. The van der Waals surface area contributed by atoms with Gasteiger partial charge in [0, 0.05) is 14.1 Å². The second-order valence-electron chi connectivity index (χ2n) is 4.99. The minimum absolute atomic E-state index is 0.0895. The largest absolute Gasteiger partial charge is 0.422 e.